The highest BCUT2D eigenvalue weighted by Crippen LogP contribution is 2.27. The maximum Gasteiger partial charge on any atom is 0.328 e. The molecule has 1 fully saturated rings. The lowest BCUT2D eigenvalue weighted by molar-refractivity contribution is -0.131. The summed E-state index contributed by atoms with van der Waals surface area (Å²) in [5, 5.41) is 8.54. The highest BCUT2D eigenvalue weighted by atomic mass is 16.4. The van der Waals surface area contributed by atoms with Crippen LogP contribution in [0.5, 0.6) is 0 Å². The summed E-state index contributed by atoms with van der Waals surface area (Å²) in [6.45, 7) is 0.779. The summed E-state index contributed by atoms with van der Waals surface area (Å²) in [7, 11) is 1.79. The smallest absolute Gasteiger partial charge is 0.328 e. The lowest BCUT2D eigenvalue weighted by atomic mass is 9.85. The fourth-order valence-corrected chi connectivity index (χ4v) is 2.14. The molecule has 1 N–H and O–H groups in total. The molecular formula is C15H18N2O3. The number of pyridine rings is 1. The van der Waals surface area contributed by atoms with Crippen molar-refractivity contribution in [2.45, 2.75) is 19.3 Å². The van der Waals surface area contributed by atoms with Gasteiger partial charge in [-0.2, -0.15) is 0 Å². The summed E-state index contributed by atoms with van der Waals surface area (Å²) >= 11 is 0. The second kappa shape index (κ2) is 6.32. The van der Waals surface area contributed by atoms with Crippen LogP contribution >= 0.6 is 0 Å². The van der Waals surface area contributed by atoms with Crippen LogP contribution in [-0.4, -0.2) is 40.5 Å². The van der Waals surface area contributed by atoms with Crippen LogP contribution in [0.1, 0.15) is 35.3 Å². The van der Waals surface area contributed by atoms with E-state index in [0.29, 0.717) is 17.2 Å². The zero-order valence-electron chi connectivity index (χ0n) is 11.5. The van der Waals surface area contributed by atoms with E-state index in [-0.39, 0.29) is 5.91 Å². The van der Waals surface area contributed by atoms with Crippen LogP contribution in [0.15, 0.2) is 24.4 Å². The third-order valence-electron chi connectivity index (χ3n) is 3.53. The number of hydrogen-bond acceptors (Lipinski definition) is 3. The third-order valence-corrected chi connectivity index (χ3v) is 3.53. The molecule has 1 aliphatic rings. The van der Waals surface area contributed by atoms with Gasteiger partial charge in [-0.25, -0.2) is 4.79 Å². The van der Waals surface area contributed by atoms with Gasteiger partial charge in [0.2, 0.25) is 0 Å². The second-order valence-corrected chi connectivity index (χ2v) is 5.13. The first-order chi connectivity index (χ1) is 9.56. The monoisotopic (exact) mass is 274 g/mol. The van der Waals surface area contributed by atoms with Gasteiger partial charge in [-0.3, -0.25) is 9.78 Å². The Labute approximate surface area is 117 Å². The minimum atomic E-state index is -1.01. The van der Waals surface area contributed by atoms with Gasteiger partial charge in [-0.15, -0.1) is 0 Å². The molecule has 0 spiro atoms. The quantitative estimate of drug-likeness (QED) is 0.834. The molecule has 0 radical (unpaired) electrons. The normalized spacial score (nSPS) is 15.1. The van der Waals surface area contributed by atoms with Gasteiger partial charge in [-0.05, 0) is 36.5 Å². The van der Waals surface area contributed by atoms with Crippen LogP contribution in [0.25, 0.3) is 6.08 Å². The molecule has 1 saturated carbocycles. The van der Waals surface area contributed by atoms with Gasteiger partial charge in [0.05, 0.1) is 0 Å². The lowest BCUT2D eigenvalue weighted by Gasteiger charge is -2.29. The summed E-state index contributed by atoms with van der Waals surface area (Å²) in [6, 6.07) is 3.32. The number of aliphatic carboxylic acids is 1. The SMILES string of the molecule is CN(CC1CCC1)C(=O)c1ccc(C=CC(=O)O)cn1. The van der Waals surface area contributed by atoms with Gasteiger partial charge in [0.15, 0.2) is 0 Å². The first kappa shape index (κ1) is 14.2. The van der Waals surface area contributed by atoms with Crippen molar-refractivity contribution in [1.29, 1.82) is 0 Å². The predicted octanol–water partition coefficient (Wildman–Crippen LogP) is 2.05. The molecule has 20 heavy (non-hydrogen) atoms. The highest BCUT2D eigenvalue weighted by molar-refractivity contribution is 5.92. The molecular weight excluding hydrogens is 256 g/mol. The number of rotatable bonds is 5. The van der Waals surface area contributed by atoms with Crippen molar-refractivity contribution < 1.29 is 14.7 Å². The molecule has 2 rings (SSSR count). The molecule has 0 atom stereocenters. The maximum atomic E-state index is 12.1. The Bertz CT molecular complexity index is 518. The highest BCUT2D eigenvalue weighted by Gasteiger charge is 2.22. The Morgan fingerprint density at radius 1 is 1.45 bits per heavy atom. The van der Waals surface area contributed by atoms with Crippen LogP contribution in [0.3, 0.4) is 0 Å². The number of aromatic nitrogens is 1. The van der Waals surface area contributed by atoms with Crippen molar-refractivity contribution in [3.05, 3.63) is 35.7 Å². The average Bonchev–Trinajstić information content (AvgIpc) is 2.40. The first-order valence-electron chi connectivity index (χ1n) is 6.69. The molecule has 106 valence electrons. The Balaban J connectivity index is 1.97. The zero-order valence-corrected chi connectivity index (χ0v) is 11.5. The molecule has 5 heteroatoms. The van der Waals surface area contributed by atoms with Crippen molar-refractivity contribution in [3.63, 3.8) is 0 Å². The van der Waals surface area contributed by atoms with Crippen molar-refractivity contribution in [1.82, 2.24) is 9.88 Å². The third kappa shape index (κ3) is 3.66. The van der Waals surface area contributed by atoms with E-state index < -0.39 is 5.97 Å². The van der Waals surface area contributed by atoms with Gasteiger partial charge in [0, 0.05) is 25.9 Å². The standard InChI is InChI=1S/C15H18N2O3/c1-17(10-12-3-2-4-12)15(20)13-7-5-11(9-16-13)6-8-14(18)19/h5-9,12H,2-4,10H2,1H3,(H,18,19). The van der Waals surface area contributed by atoms with Crippen LogP contribution in [0.4, 0.5) is 0 Å². The van der Waals surface area contributed by atoms with E-state index >= 15 is 0 Å². The molecule has 1 aromatic heterocycles. The number of hydrogen-bond donors (Lipinski definition) is 1. The molecule has 0 saturated heterocycles. The predicted molar refractivity (Wildman–Crippen MR) is 75.2 cm³/mol. The number of carboxylic acid groups (broad SMARTS) is 1. The topological polar surface area (TPSA) is 70.5 Å². The van der Waals surface area contributed by atoms with E-state index in [9.17, 15) is 9.59 Å². The summed E-state index contributed by atoms with van der Waals surface area (Å²) in [5.74, 6) is -0.474. The molecule has 1 amide bonds. The molecule has 0 unspecified atom stereocenters. The largest absolute Gasteiger partial charge is 0.478 e. The van der Waals surface area contributed by atoms with Crippen molar-refractivity contribution in [3.8, 4) is 0 Å². The van der Waals surface area contributed by atoms with E-state index in [1.54, 1.807) is 24.1 Å². The summed E-state index contributed by atoms with van der Waals surface area (Å²) in [5.41, 5.74) is 1.05. The number of carboxylic acids is 1. The zero-order chi connectivity index (χ0) is 14.5. The number of amides is 1. The molecule has 1 heterocycles. The molecule has 5 nitrogen and oxygen atoms in total. The summed E-state index contributed by atoms with van der Waals surface area (Å²) in [6.07, 6.45) is 7.65. The fraction of sp³-hybridized carbons (Fsp3) is 0.400. The van der Waals surface area contributed by atoms with E-state index in [4.69, 9.17) is 5.11 Å². The molecule has 0 aromatic carbocycles. The Morgan fingerprint density at radius 3 is 2.70 bits per heavy atom. The number of carbonyl (C=O) groups is 2. The molecule has 0 bridgehead atoms. The molecule has 1 aromatic rings. The lowest BCUT2D eigenvalue weighted by Crippen LogP contribution is -2.34. The average molecular weight is 274 g/mol. The van der Waals surface area contributed by atoms with E-state index in [2.05, 4.69) is 4.98 Å². The van der Waals surface area contributed by atoms with Gasteiger partial charge < -0.3 is 10.0 Å². The molecule has 1 aliphatic carbocycles. The van der Waals surface area contributed by atoms with Crippen molar-refractivity contribution in [2.75, 3.05) is 13.6 Å². The van der Waals surface area contributed by atoms with Crippen LogP contribution in [0.2, 0.25) is 0 Å². The number of nitrogens with zero attached hydrogens (tertiary/aromatic N) is 2. The molecule has 0 aliphatic heterocycles. The van der Waals surface area contributed by atoms with E-state index in [1.807, 2.05) is 0 Å². The van der Waals surface area contributed by atoms with Crippen LogP contribution in [0, 0.1) is 5.92 Å². The van der Waals surface area contributed by atoms with Gasteiger partial charge in [0.25, 0.3) is 5.91 Å². The van der Waals surface area contributed by atoms with Gasteiger partial charge in [0.1, 0.15) is 5.69 Å². The summed E-state index contributed by atoms with van der Waals surface area (Å²) < 4.78 is 0. The minimum absolute atomic E-state index is 0.0920. The minimum Gasteiger partial charge on any atom is -0.478 e. The summed E-state index contributed by atoms with van der Waals surface area (Å²) in [4.78, 5) is 28.4. The van der Waals surface area contributed by atoms with Crippen molar-refractivity contribution in [2.24, 2.45) is 5.92 Å². The Hall–Kier alpha value is -2.17. The van der Waals surface area contributed by atoms with Crippen LogP contribution in [-0.2, 0) is 4.79 Å². The van der Waals surface area contributed by atoms with Gasteiger partial charge >= 0.3 is 5.97 Å². The maximum absolute atomic E-state index is 12.1. The van der Waals surface area contributed by atoms with E-state index in [1.165, 1.54) is 31.5 Å². The number of carbonyl (C=O) groups excluding carboxylic acids is 1. The first-order valence-corrected chi connectivity index (χ1v) is 6.69. The van der Waals surface area contributed by atoms with Crippen molar-refractivity contribution >= 4 is 18.0 Å². The van der Waals surface area contributed by atoms with E-state index in [0.717, 1.165) is 12.6 Å². The van der Waals surface area contributed by atoms with Gasteiger partial charge in [-0.1, -0.05) is 12.5 Å². The van der Waals surface area contributed by atoms with Crippen LogP contribution < -0.4 is 0 Å². The Morgan fingerprint density at radius 2 is 2.20 bits per heavy atom. The Kier molecular flexibility index (Phi) is 4.50. The second-order valence-electron chi connectivity index (χ2n) is 5.13. The fourth-order valence-electron chi connectivity index (χ4n) is 2.14.